The maximum Gasteiger partial charge on any atom is 0.283 e. The second-order valence-corrected chi connectivity index (χ2v) is 8.61. The third-order valence-electron chi connectivity index (χ3n) is 5.28. The van der Waals surface area contributed by atoms with Crippen LogP contribution in [-0.4, -0.2) is 23.8 Å². The number of imide groups is 1. The average Bonchev–Trinajstić information content (AvgIpc) is 3.32. The predicted octanol–water partition coefficient (Wildman–Crippen LogP) is 5.10. The van der Waals surface area contributed by atoms with Crippen LogP contribution in [0, 0.1) is 0 Å². The number of nitrogens with zero attached hydrogens (tertiary/aromatic N) is 1. The highest BCUT2D eigenvalue weighted by Crippen LogP contribution is 2.35. The van der Waals surface area contributed by atoms with Gasteiger partial charge in [-0.2, -0.15) is 0 Å². The Bertz CT molecular complexity index is 1090. The molecule has 0 saturated heterocycles. The standard InChI is InChI=1S/C22H18Cl3N3O3/c23-13-7-10-17(16(24)11-13)28-21(30)18(25)19(22(28)31)26-15-8-5-12(6-9-15)20(29)27-14-3-1-2-4-14/h5-11,14,26H,1-4H2,(H,27,29). The van der Waals surface area contributed by atoms with Crippen molar-refractivity contribution in [1.29, 1.82) is 0 Å². The second-order valence-electron chi connectivity index (χ2n) is 7.39. The molecule has 0 unspecified atom stereocenters. The van der Waals surface area contributed by atoms with E-state index in [-0.39, 0.29) is 33.4 Å². The monoisotopic (exact) mass is 477 g/mol. The van der Waals surface area contributed by atoms with Gasteiger partial charge in [-0.05, 0) is 55.3 Å². The van der Waals surface area contributed by atoms with Crippen LogP contribution in [0.15, 0.2) is 53.2 Å². The Kier molecular flexibility index (Phi) is 6.23. The molecule has 0 spiro atoms. The van der Waals surface area contributed by atoms with E-state index in [4.69, 9.17) is 34.8 Å². The maximum atomic E-state index is 12.9. The van der Waals surface area contributed by atoms with Crippen molar-refractivity contribution in [2.45, 2.75) is 31.7 Å². The van der Waals surface area contributed by atoms with Gasteiger partial charge in [0.15, 0.2) is 0 Å². The van der Waals surface area contributed by atoms with Crippen LogP contribution in [0.1, 0.15) is 36.0 Å². The van der Waals surface area contributed by atoms with Crippen LogP contribution in [0.25, 0.3) is 0 Å². The van der Waals surface area contributed by atoms with Crippen molar-refractivity contribution in [3.05, 3.63) is 68.8 Å². The molecule has 2 aromatic rings. The van der Waals surface area contributed by atoms with Gasteiger partial charge >= 0.3 is 0 Å². The molecular weight excluding hydrogens is 461 g/mol. The van der Waals surface area contributed by atoms with E-state index < -0.39 is 11.8 Å². The summed E-state index contributed by atoms with van der Waals surface area (Å²) < 4.78 is 0. The van der Waals surface area contributed by atoms with E-state index in [2.05, 4.69) is 10.6 Å². The molecule has 1 fully saturated rings. The summed E-state index contributed by atoms with van der Waals surface area (Å²) in [5.74, 6) is -1.46. The summed E-state index contributed by atoms with van der Waals surface area (Å²) in [6.07, 6.45) is 4.27. The van der Waals surface area contributed by atoms with Gasteiger partial charge in [0.05, 0.1) is 10.7 Å². The molecule has 0 radical (unpaired) electrons. The Labute approximate surface area is 194 Å². The van der Waals surface area contributed by atoms with E-state index in [0.29, 0.717) is 16.3 Å². The van der Waals surface area contributed by atoms with E-state index in [9.17, 15) is 14.4 Å². The van der Waals surface area contributed by atoms with Crippen molar-refractivity contribution < 1.29 is 14.4 Å². The molecule has 0 bridgehead atoms. The van der Waals surface area contributed by atoms with E-state index >= 15 is 0 Å². The van der Waals surface area contributed by atoms with Crippen LogP contribution < -0.4 is 15.5 Å². The van der Waals surface area contributed by atoms with Gasteiger partial charge in [0.25, 0.3) is 17.7 Å². The van der Waals surface area contributed by atoms with Crippen molar-refractivity contribution in [1.82, 2.24) is 5.32 Å². The van der Waals surface area contributed by atoms with Crippen LogP contribution in [0.4, 0.5) is 11.4 Å². The number of benzene rings is 2. The lowest BCUT2D eigenvalue weighted by Crippen LogP contribution is -2.32. The molecule has 2 aromatic carbocycles. The third-order valence-corrected chi connectivity index (χ3v) is 6.17. The molecule has 2 N–H and O–H groups in total. The normalized spacial score (nSPS) is 16.9. The number of halogens is 3. The maximum absolute atomic E-state index is 12.9. The summed E-state index contributed by atoms with van der Waals surface area (Å²) in [5, 5.41) is 6.18. The molecule has 0 aromatic heterocycles. The van der Waals surface area contributed by atoms with Crippen LogP contribution in [0.5, 0.6) is 0 Å². The summed E-state index contributed by atoms with van der Waals surface area (Å²) >= 11 is 18.2. The van der Waals surface area contributed by atoms with Gasteiger partial charge in [-0.1, -0.05) is 47.6 Å². The van der Waals surface area contributed by atoms with E-state index in [1.54, 1.807) is 24.3 Å². The molecule has 2 aliphatic rings. The molecule has 9 heteroatoms. The summed E-state index contributed by atoms with van der Waals surface area (Å²) in [7, 11) is 0. The zero-order chi connectivity index (χ0) is 22.1. The number of hydrogen-bond donors (Lipinski definition) is 2. The smallest absolute Gasteiger partial charge is 0.283 e. The minimum absolute atomic E-state index is 0.0687. The van der Waals surface area contributed by atoms with Gasteiger partial charge in [0.2, 0.25) is 0 Å². The van der Waals surface area contributed by atoms with Crippen molar-refractivity contribution in [2.75, 3.05) is 10.2 Å². The Hall–Kier alpha value is -2.54. The summed E-state index contributed by atoms with van der Waals surface area (Å²) in [6.45, 7) is 0. The summed E-state index contributed by atoms with van der Waals surface area (Å²) in [6, 6.07) is 11.3. The Morgan fingerprint density at radius 3 is 2.26 bits per heavy atom. The van der Waals surface area contributed by atoms with Crippen molar-refractivity contribution in [2.24, 2.45) is 0 Å². The quantitative estimate of drug-likeness (QED) is 0.586. The number of rotatable bonds is 5. The van der Waals surface area contributed by atoms with Crippen molar-refractivity contribution >= 4 is 63.9 Å². The zero-order valence-electron chi connectivity index (χ0n) is 16.3. The largest absolute Gasteiger partial charge is 0.350 e. The first-order valence-electron chi connectivity index (χ1n) is 9.76. The fraction of sp³-hybridized carbons (Fsp3) is 0.227. The van der Waals surface area contributed by atoms with Gasteiger partial charge < -0.3 is 10.6 Å². The van der Waals surface area contributed by atoms with Crippen LogP contribution >= 0.6 is 34.8 Å². The van der Waals surface area contributed by atoms with E-state index in [1.807, 2.05) is 0 Å². The minimum Gasteiger partial charge on any atom is -0.350 e. The average molecular weight is 479 g/mol. The fourth-order valence-electron chi connectivity index (χ4n) is 3.68. The lowest BCUT2D eigenvalue weighted by Gasteiger charge is -2.16. The summed E-state index contributed by atoms with van der Waals surface area (Å²) in [5.41, 5.74) is 1.15. The van der Waals surface area contributed by atoms with Gasteiger partial charge in [-0.3, -0.25) is 14.4 Å². The highest BCUT2D eigenvalue weighted by molar-refractivity contribution is 6.53. The molecule has 4 rings (SSSR count). The minimum atomic E-state index is -0.689. The first-order valence-corrected chi connectivity index (χ1v) is 10.9. The Balaban J connectivity index is 1.49. The summed E-state index contributed by atoms with van der Waals surface area (Å²) in [4.78, 5) is 38.7. The highest BCUT2D eigenvalue weighted by Gasteiger charge is 2.39. The molecule has 6 nitrogen and oxygen atoms in total. The second kappa shape index (κ2) is 8.91. The van der Waals surface area contributed by atoms with Gasteiger partial charge in [-0.15, -0.1) is 0 Å². The molecule has 160 valence electrons. The first kappa shape index (κ1) is 21.7. The SMILES string of the molecule is O=C(NC1CCCC1)c1ccc(NC2=C(Cl)C(=O)N(c3ccc(Cl)cc3Cl)C2=O)cc1. The number of carbonyl (C=O) groups excluding carboxylic acids is 3. The van der Waals surface area contributed by atoms with Crippen molar-refractivity contribution in [3.8, 4) is 0 Å². The fourth-order valence-corrected chi connectivity index (χ4v) is 4.39. The van der Waals surface area contributed by atoms with E-state index in [1.165, 1.54) is 18.2 Å². The van der Waals surface area contributed by atoms with E-state index in [0.717, 1.165) is 30.6 Å². The topological polar surface area (TPSA) is 78.5 Å². The van der Waals surface area contributed by atoms with Gasteiger partial charge in [0, 0.05) is 22.3 Å². The number of hydrogen-bond acceptors (Lipinski definition) is 4. The highest BCUT2D eigenvalue weighted by atomic mass is 35.5. The molecule has 1 heterocycles. The molecule has 1 aliphatic heterocycles. The molecule has 0 atom stereocenters. The Morgan fingerprint density at radius 2 is 1.61 bits per heavy atom. The zero-order valence-corrected chi connectivity index (χ0v) is 18.5. The van der Waals surface area contributed by atoms with Gasteiger partial charge in [0.1, 0.15) is 10.7 Å². The van der Waals surface area contributed by atoms with Crippen molar-refractivity contribution in [3.63, 3.8) is 0 Å². The lowest BCUT2D eigenvalue weighted by atomic mass is 10.1. The number of nitrogens with one attached hydrogen (secondary N) is 2. The lowest BCUT2D eigenvalue weighted by molar-refractivity contribution is -0.120. The molecule has 1 aliphatic carbocycles. The van der Waals surface area contributed by atoms with Gasteiger partial charge in [-0.25, -0.2) is 4.90 Å². The molecule has 3 amide bonds. The molecule has 1 saturated carbocycles. The Morgan fingerprint density at radius 1 is 0.935 bits per heavy atom. The third kappa shape index (κ3) is 4.42. The number of carbonyl (C=O) groups is 3. The molecular formula is C22H18Cl3N3O3. The van der Waals surface area contributed by atoms with Crippen LogP contribution in [-0.2, 0) is 9.59 Å². The van der Waals surface area contributed by atoms with Crippen LogP contribution in [0.3, 0.4) is 0 Å². The number of amides is 3. The first-order chi connectivity index (χ1) is 14.8. The van der Waals surface area contributed by atoms with Crippen LogP contribution in [0.2, 0.25) is 10.0 Å². The molecule has 31 heavy (non-hydrogen) atoms. The number of anilines is 2. The predicted molar refractivity (Wildman–Crippen MR) is 122 cm³/mol.